The molecule has 5 heteroatoms. The molecular formula is C15H24O5. The summed E-state index contributed by atoms with van der Waals surface area (Å²) in [6.07, 6.45) is 0.986. The van der Waals surface area contributed by atoms with Gasteiger partial charge in [-0.2, -0.15) is 0 Å². The maximum absolute atomic E-state index is 11.2. The fourth-order valence-corrected chi connectivity index (χ4v) is 2.44. The van der Waals surface area contributed by atoms with Crippen LogP contribution in [0.25, 0.3) is 0 Å². The molecular weight excluding hydrogens is 260 g/mol. The van der Waals surface area contributed by atoms with Crippen molar-refractivity contribution in [1.82, 2.24) is 0 Å². The van der Waals surface area contributed by atoms with Gasteiger partial charge in [-0.05, 0) is 46.3 Å². The maximum Gasteiger partial charge on any atom is 0.303 e. The largest absolute Gasteiger partial charge is 0.455 e. The fraction of sp³-hybridized carbons (Fsp3) is 0.800. The van der Waals surface area contributed by atoms with E-state index in [-0.39, 0.29) is 23.8 Å². The second kappa shape index (κ2) is 5.13. The zero-order chi connectivity index (χ0) is 15.1. The Labute approximate surface area is 120 Å². The summed E-state index contributed by atoms with van der Waals surface area (Å²) in [4.78, 5) is 11.2. The third kappa shape index (κ3) is 3.59. The minimum Gasteiger partial charge on any atom is -0.455 e. The SMILES string of the molecule is CC(=O)O[C@@H]1C=C(COC(C)(C)C)[C@@H]2OC(C)(C)O[C@H]12. The number of rotatable bonds is 3. The van der Waals surface area contributed by atoms with Crippen molar-refractivity contribution >= 4 is 5.97 Å². The summed E-state index contributed by atoms with van der Waals surface area (Å²) in [6, 6.07) is 0. The van der Waals surface area contributed by atoms with Gasteiger partial charge in [-0.3, -0.25) is 4.79 Å². The Morgan fingerprint density at radius 1 is 1.35 bits per heavy atom. The van der Waals surface area contributed by atoms with Crippen LogP contribution < -0.4 is 0 Å². The summed E-state index contributed by atoms with van der Waals surface area (Å²) in [5.74, 6) is -0.995. The van der Waals surface area contributed by atoms with Crippen molar-refractivity contribution in [2.45, 2.75) is 71.2 Å². The lowest BCUT2D eigenvalue weighted by atomic mass is 10.1. The molecule has 2 aliphatic rings. The molecule has 0 spiro atoms. The Morgan fingerprint density at radius 2 is 2.00 bits per heavy atom. The molecule has 0 unspecified atom stereocenters. The second-order valence-corrected chi connectivity index (χ2v) is 6.74. The van der Waals surface area contributed by atoms with Crippen LogP contribution in [0, 0.1) is 0 Å². The average molecular weight is 284 g/mol. The highest BCUT2D eigenvalue weighted by molar-refractivity contribution is 5.66. The van der Waals surface area contributed by atoms with E-state index in [2.05, 4.69) is 0 Å². The van der Waals surface area contributed by atoms with Gasteiger partial charge in [0.05, 0.1) is 12.2 Å². The van der Waals surface area contributed by atoms with Gasteiger partial charge in [0.1, 0.15) is 18.3 Å². The lowest BCUT2D eigenvalue weighted by Gasteiger charge is -2.22. The van der Waals surface area contributed by atoms with Gasteiger partial charge in [-0.25, -0.2) is 0 Å². The number of hydrogen-bond donors (Lipinski definition) is 0. The Hall–Kier alpha value is -0.910. The molecule has 1 fully saturated rings. The van der Waals surface area contributed by atoms with Crippen LogP contribution in [0.1, 0.15) is 41.5 Å². The maximum atomic E-state index is 11.2. The molecule has 0 saturated carbocycles. The number of fused-ring (bicyclic) bond motifs is 1. The van der Waals surface area contributed by atoms with E-state index in [1.807, 2.05) is 40.7 Å². The van der Waals surface area contributed by atoms with E-state index in [1.165, 1.54) is 6.92 Å². The van der Waals surface area contributed by atoms with Crippen LogP contribution in [0.2, 0.25) is 0 Å². The van der Waals surface area contributed by atoms with Crippen molar-refractivity contribution in [3.05, 3.63) is 11.6 Å². The number of ether oxygens (including phenoxy) is 4. The van der Waals surface area contributed by atoms with Gasteiger partial charge < -0.3 is 18.9 Å². The summed E-state index contributed by atoms with van der Waals surface area (Å²) < 4.78 is 22.8. The van der Waals surface area contributed by atoms with Gasteiger partial charge >= 0.3 is 5.97 Å². The van der Waals surface area contributed by atoms with Crippen molar-refractivity contribution in [2.75, 3.05) is 6.61 Å². The molecule has 0 aromatic heterocycles. The third-order valence-corrected chi connectivity index (χ3v) is 3.17. The molecule has 0 aromatic carbocycles. The zero-order valence-electron chi connectivity index (χ0n) is 13.1. The lowest BCUT2D eigenvalue weighted by Crippen LogP contribution is -2.33. The summed E-state index contributed by atoms with van der Waals surface area (Å²) in [5, 5.41) is 0. The quantitative estimate of drug-likeness (QED) is 0.587. The Morgan fingerprint density at radius 3 is 2.55 bits per heavy atom. The van der Waals surface area contributed by atoms with Gasteiger partial charge in [-0.1, -0.05) is 0 Å². The van der Waals surface area contributed by atoms with Gasteiger partial charge in [0, 0.05) is 6.92 Å². The molecule has 0 radical (unpaired) electrons. The standard InChI is InChI=1S/C15H24O5/c1-9(16)18-11-7-10(8-17-14(2,3)4)12-13(11)20-15(5,6)19-12/h7,11-13H,8H2,1-6H3/t11-,12+,13-/m1/s1. The van der Waals surface area contributed by atoms with Crippen molar-refractivity contribution in [3.63, 3.8) is 0 Å². The minimum atomic E-state index is -0.672. The van der Waals surface area contributed by atoms with E-state index in [0.29, 0.717) is 6.61 Å². The highest BCUT2D eigenvalue weighted by Gasteiger charge is 2.51. The molecule has 1 aliphatic heterocycles. The van der Waals surface area contributed by atoms with Crippen molar-refractivity contribution in [2.24, 2.45) is 0 Å². The molecule has 5 nitrogen and oxygen atoms in total. The third-order valence-electron chi connectivity index (χ3n) is 3.17. The van der Waals surface area contributed by atoms with Crippen LogP contribution in [0.15, 0.2) is 11.6 Å². The van der Waals surface area contributed by atoms with Crippen molar-refractivity contribution in [3.8, 4) is 0 Å². The second-order valence-electron chi connectivity index (χ2n) is 6.74. The van der Waals surface area contributed by atoms with Crippen LogP contribution in [0.3, 0.4) is 0 Å². The van der Waals surface area contributed by atoms with Crippen LogP contribution in [0.4, 0.5) is 0 Å². The first-order chi connectivity index (χ1) is 9.07. The Balaban J connectivity index is 2.11. The highest BCUT2D eigenvalue weighted by Crippen LogP contribution is 2.39. The summed E-state index contributed by atoms with van der Waals surface area (Å²) in [6.45, 7) is 11.6. The molecule has 1 heterocycles. The van der Waals surface area contributed by atoms with E-state index in [1.54, 1.807) is 0 Å². The van der Waals surface area contributed by atoms with Crippen LogP contribution >= 0.6 is 0 Å². The molecule has 1 saturated heterocycles. The minimum absolute atomic E-state index is 0.211. The molecule has 2 rings (SSSR count). The zero-order valence-corrected chi connectivity index (χ0v) is 13.1. The van der Waals surface area contributed by atoms with Crippen molar-refractivity contribution < 1.29 is 23.7 Å². The van der Waals surface area contributed by atoms with Crippen LogP contribution in [0.5, 0.6) is 0 Å². The average Bonchev–Trinajstić information content (AvgIpc) is 2.69. The normalized spacial score (nSPS) is 31.9. The Bertz CT molecular complexity index is 418. The molecule has 114 valence electrons. The van der Waals surface area contributed by atoms with Gasteiger partial charge in [0.2, 0.25) is 0 Å². The summed E-state index contributed by atoms with van der Waals surface area (Å²) >= 11 is 0. The number of carbonyl (C=O) groups excluding carboxylic acids is 1. The molecule has 0 N–H and O–H groups in total. The monoisotopic (exact) mass is 284 g/mol. The molecule has 20 heavy (non-hydrogen) atoms. The van der Waals surface area contributed by atoms with Crippen molar-refractivity contribution in [1.29, 1.82) is 0 Å². The lowest BCUT2D eigenvalue weighted by molar-refractivity contribution is -0.166. The number of carbonyl (C=O) groups is 1. The molecule has 3 atom stereocenters. The fourth-order valence-electron chi connectivity index (χ4n) is 2.44. The number of hydrogen-bond acceptors (Lipinski definition) is 5. The molecule has 0 amide bonds. The van der Waals surface area contributed by atoms with Gasteiger partial charge in [-0.15, -0.1) is 0 Å². The predicted molar refractivity (Wildman–Crippen MR) is 73.2 cm³/mol. The molecule has 1 aliphatic carbocycles. The molecule has 0 aromatic rings. The summed E-state index contributed by atoms with van der Waals surface area (Å²) in [5.41, 5.74) is 0.743. The smallest absolute Gasteiger partial charge is 0.303 e. The number of esters is 1. The first-order valence-electron chi connectivity index (χ1n) is 6.95. The van der Waals surface area contributed by atoms with E-state index < -0.39 is 11.9 Å². The molecule has 0 bridgehead atoms. The highest BCUT2D eigenvalue weighted by atomic mass is 16.8. The van der Waals surface area contributed by atoms with Crippen LogP contribution in [-0.2, 0) is 23.7 Å². The topological polar surface area (TPSA) is 54.0 Å². The van der Waals surface area contributed by atoms with Gasteiger partial charge in [0.25, 0.3) is 0 Å². The Kier molecular flexibility index (Phi) is 3.97. The van der Waals surface area contributed by atoms with E-state index in [0.717, 1.165) is 5.57 Å². The van der Waals surface area contributed by atoms with Crippen LogP contribution in [-0.4, -0.2) is 42.3 Å². The first kappa shape index (κ1) is 15.5. The van der Waals surface area contributed by atoms with E-state index in [9.17, 15) is 4.79 Å². The predicted octanol–water partition coefficient (Wildman–Crippen LogP) is 2.19. The van der Waals surface area contributed by atoms with Gasteiger partial charge in [0.15, 0.2) is 5.79 Å². The van der Waals surface area contributed by atoms with E-state index in [4.69, 9.17) is 18.9 Å². The summed E-state index contributed by atoms with van der Waals surface area (Å²) in [7, 11) is 0. The first-order valence-corrected chi connectivity index (χ1v) is 6.95. The van der Waals surface area contributed by atoms with E-state index >= 15 is 0 Å².